The highest BCUT2D eigenvalue weighted by Crippen LogP contribution is 2.79. The number of ether oxygens (including phenoxy) is 4. The SMILES string of the molecule is C#C.CC.CSCOC1C(C(C)C)CC2OC23C2(C)CCC4=C(C(C)OC4=O)C2CC2OC213. The number of cyclic esters (lactones) is 1. The third-order valence-electron chi connectivity index (χ3n) is 9.24. The van der Waals surface area contributed by atoms with Crippen LogP contribution in [-0.4, -0.2) is 53.8 Å². The summed E-state index contributed by atoms with van der Waals surface area (Å²) in [6.45, 7) is 13.0. The highest BCUT2D eigenvalue weighted by atomic mass is 32.2. The van der Waals surface area contributed by atoms with Crippen molar-refractivity contribution in [2.75, 3.05) is 12.2 Å². The quantitative estimate of drug-likeness (QED) is 0.247. The van der Waals surface area contributed by atoms with Crippen LogP contribution in [-0.2, 0) is 23.7 Å². The highest BCUT2D eigenvalue weighted by Gasteiger charge is 2.93. The Labute approximate surface area is 203 Å². The molecule has 0 aromatic heterocycles. The van der Waals surface area contributed by atoms with Gasteiger partial charge in [0, 0.05) is 11.0 Å². The lowest BCUT2D eigenvalue weighted by molar-refractivity contribution is -0.139. The number of hydrogen-bond donors (Lipinski definition) is 0. The Hall–Kier alpha value is -1.00. The third kappa shape index (κ3) is 3.01. The monoisotopic (exact) mass is 476 g/mol. The summed E-state index contributed by atoms with van der Waals surface area (Å²) in [7, 11) is 0. The van der Waals surface area contributed by atoms with Crippen LogP contribution in [0.25, 0.3) is 0 Å². The van der Waals surface area contributed by atoms with Gasteiger partial charge in [-0.15, -0.1) is 24.6 Å². The van der Waals surface area contributed by atoms with Crippen molar-refractivity contribution in [2.45, 2.75) is 103 Å². The minimum absolute atomic E-state index is 0.0331. The average molecular weight is 477 g/mol. The van der Waals surface area contributed by atoms with Crippen molar-refractivity contribution in [3.63, 3.8) is 0 Å². The summed E-state index contributed by atoms with van der Waals surface area (Å²) in [4.78, 5) is 12.4. The van der Waals surface area contributed by atoms with E-state index in [1.807, 2.05) is 20.8 Å². The summed E-state index contributed by atoms with van der Waals surface area (Å²) in [6, 6.07) is 0. The number of esters is 1. The molecule has 3 aliphatic heterocycles. The molecule has 9 unspecified atom stereocenters. The molecule has 9 atom stereocenters. The van der Waals surface area contributed by atoms with Gasteiger partial charge in [-0.2, -0.15) is 0 Å². The van der Waals surface area contributed by atoms with Crippen LogP contribution in [0, 0.1) is 36.0 Å². The van der Waals surface area contributed by atoms with Crippen LogP contribution in [0.2, 0.25) is 0 Å². The largest absolute Gasteiger partial charge is 0.455 e. The molecule has 0 radical (unpaired) electrons. The van der Waals surface area contributed by atoms with E-state index in [2.05, 4.69) is 39.9 Å². The van der Waals surface area contributed by atoms with E-state index in [1.165, 1.54) is 5.57 Å². The number of rotatable bonds is 4. The van der Waals surface area contributed by atoms with Gasteiger partial charge in [-0.3, -0.25) is 0 Å². The molecule has 33 heavy (non-hydrogen) atoms. The average Bonchev–Trinajstić information content (AvgIpc) is 3.70. The summed E-state index contributed by atoms with van der Waals surface area (Å²) in [5, 5.41) is 0. The summed E-state index contributed by atoms with van der Waals surface area (Å²) >= 11 is 1.73. The van der Waals surface area contributed by atoms with Gasteiger partial charge in [0.25, 0.3) is 0 Å². The van der Waals surface area contributed by atoms with Crippen LogP contribution >= 0.6 is 11.8 Å². The summed E-state index contributed by atoms with van der Waals surface area (Å²) in [6.07, 6.45) is 14.2. The molecule has 0 bridgehead atoms. The Bertz CT molecular complexity index is 851. The molecule has 3 heterocycles. The number of thioether (sulfide) groups is 1. The molecule has 6 rings (SSSR count). The Morgan fingerprint density at radius 3 is 2.52 bits per heavy atom. The molecule has 0 aromatic rings. The molecule has 184 valence electrons. The maximum Gasteiger partial charge on any atom is 0.334 e. The first-order valence-electron chi connectivity index (χ1n) is 12.5. The first-order chi connectivity index (χ1) is 15.8. The van der Waals surface area contributed by atoms with Gasteiger partial charge in [0.05, 0.1) is 24.3 Å². The predicted molar refractivity (Wildman–Crippen MR) is 131 cm³/mol. The van der Waals surface area contributed by atoms with Crippen molar-refractivity contribution < 1.29 is 23.7 Å². The van der Waals surface area contributed by atoms with Crippen LogP contribution in [0.5, 0.6) is 0 Å². The van der Waals surface area contributed by atoms with E-state index in [9.17, 15) is 4.79 Å². The number of fused-ring (bicyclic) bond motifs is 2. The van der Waals surface area contributed by atoms with Crippen LogP contribution in [0.1, 0.15) is 67.2 Å². The molecular weight excluding hydrogens is 436 g/mol. The van der Waals surface area contributed by atoms with E-state index >= 15 is 0 Å². The van der Waals surface area contributed by atoms with Crippen LogP contribution in [0.15, 0.2) is 11.1 Å². The van der Waals surface area contributed by atoms with Gasteiger partial charge in [0.15, 0.2) is 5.60 Å². The van der Waals surface area contributed by atoms with Crippen molar-refractivity contribution >= 4 is 17.7 Å². The van der Waals surface area contributed by atoms with Crippen LogP contribution < -0.4 is 0 Å². The first-order valence-corrected chi connectivity index (χ1v) is 13.9. The molecule has 2 spiro atoms. The van der Waals surface area contributed by atoms with E-state index in [1.54, 1.807) is 11.8 Å². The fourth-order valence-corrected chi connectivity index (χ4v) is 8.24. The van der Waals surface area contributed by atoms with E-state index < -0.39 is 0 Å². The smallest absolute Gasteiger partial charge is 0.334 e. The fraction of sp³-hybridized carbons (Fsp3) is 0.815. The second kappa shape index (κ2) is 8.59. The second-order valence-corrected chi connectivity index (χ2v) is 11.4. The van der Waals surface area contributed by atoms with Crippen molar-refractivity contribution in [3.8, 4) is 12.8 Å². The number of carbonyl (C=O) groups is 1. The molecule has 6 aliphatic rings. The number of hydrogen-bond acceptors (Lipinski definition) is 6. The van der Waals surface area contributed by atoms with Crippen LogP contribution in [0.3, 0.4) is 0 Å². The number of carbonyl (C=O) groups excluding carboxylic acids is 1. The van der Waals surface area contributed by atoms with Crippen molar-refractivity contribution in [1.82, 2.24) is 0 Å². The molecule has 2 saturated carbocycles. The minimum atomic E-state index is -0.309. The van der Waals surface area contributed by atoms with E-state index in [0.29, 0.717) is 23.7 Å². The first kappa shape index (κ1) is 25.1. The Balaban J connectivity index is 0.000000617. The zero-order valence-corrected chi connectivity index (χ0v) is 22.0. The van der Waals surface area contributed by atoms with E-state index in [4.69, 9.17) is 18.9 Å². The Kier molecular flexibility index (Phi) is 6.53. The van der Waals surface area contributed by atoms with Gasteiger partial charge >= 0.3 is 5.97 Å². The molecule has 0 N–H and O–H groups in total. The molecular formula is C27H40O5S. The Morgan fingerprint density at radius 2 is 1.88 bits per heavy atom. The summed E-state index contributed by atoms with van der Waals surface area (Å²) in [5.74, 6) is 1.90. The summed E-state index contributed by atoms with van der Waals surface area (Å²) < 4.78 is 25.6. The lowest BCUT2D eigenvalue weighted by atomic mass is 9.46. The maximum absolute atomic E-state index is 12.4. The number of terminal acetylenes is 1. The minimum Gasteiger partial charge on any atom is -0.455 e. The summed E-state index contributed by atoms with van der Waals surface area (Å²) in [5.41, 5.74) is 1.56. The van der Waals surface area contributed by atoms with Gasteiger partial charge in [0.2, 0.25) is 0 Å². The third-order valence-corrected chi connectivity index (χ3v) is 9.61. The predicted octanol–water partition coefficient (Wildman–Crippen LogP) is 4.98. The zero-order valence-electron chi connectivity index (χ0n) is 21.2. The topological polar surface area (TPSA) is 60.6 Å². The van der Waals surface area contributed by atoms with Gasteiger partial charge in [-0.1, -0.05) is 34.6 Å². The van der Waals surface area contributed by atoms with Crippen molar-refractivity contribution in [2.24, 2.45) is 23.2 Å². The molecule has 6 heteroatoms. The highest BCUT2D eigenvalue weighted by molar-refractivity contribution is 7.98. The number of epoxide rings is 2. The normalized spacial score (nSPS) is 47.9. The van der Waals surface area contributed by atoms with E-state index in [-0.39, 0.29) is 47.0 Å². The molecule has 3 aliphatic carbocycles. The van der Waals surface area contributed by atoms with Gasteiger partial charge in [-0.05, 0) is 62.2 Å². The Morgan fingerprint density at radius 1 is 1.18 bits per heavy atom. The zero-order chi connectivity index (χ0) is 24.3. The maximum atomic E-state index is 12.4. The van der Waals surface area contributed by atoms with Gasteiger partial charge in [-0.25, -0.2) is 4.79 Å². The molecule has 0 aromatic carbocycles. The van der Waals surface area contributed by atoms with Gasteiger partial charge < -0.3 is 18.9 Å². The molecule has 2 saturated heterocycles. The molecule has 4 fully saturated rings. The fourth-order valence-electron chi connectivity index (χ4n) is 7.96. The van der Waals surface area contributed by atoms with Crippen molar-refractivity contribution in [3.05, 3.63) is 11.1 Å². The standard InChI is InChI=1S/C23H32O5S.C2H6.C2H2/c1-11(2)14-8-17-23(28-17)21(4)7-6-13-18(12(3)26-20(13)24)15(21)9-16-22(23,27-16)19(14)25-10-29-5;2*1-2/h11-12,14-17,19H,6-10H2,1-5H3;1-2H3;1-2H. The molecule has 5 nitrogen and oxygen atoms in total. The van der Waals surface area contributed by atoms with E-state index in [0.717, 1.165) is 31.3 Å². The van der Waals surface area contributed by atoms with Gasteiger partial charge in [0.1, 0.15) is 11.7 Å². The van der Waals surface area contributed by atoms with Crippen LogP contribution in [0.4, 0.5) is 0 Å². The lowest BCUT2D eigenvalue weighted by Crippen LogP contribution is -2.67. The van der Waals surface area contributed by atoms with Crippen molar-refractivity contribution in [1.29, 1.82) is 0 Å². The lowest BCUT2D eigenvalue weighted by Gasteiger charge is -2.55. The molecule has 0 amide bonds. The second-order valence-electron chi connectivity index (χ2n) is 10.6.